The lowest BCUT2D eigenvalue weighted by Crippen LogP contribution is -2.36. The van der Waals surface area contributed by atoms with Crippen LogP contribution in [0.15, 0.2) is 30.3 Å². The molecular weight excluding hydrogens is 294 g/mol. The number of carboxylic acids is 1. The van der Waals surface area contributed by atoms with Crippen LogP contribution in [0, 0.1) is 19.3 Å². The number of para-hydroxylation sites is 1. The zero-order valence-corrected chi connectivity index (χ0v) is 13.2. The average Bonchev–Trinajstić information content (AvgIpc) is 3.30. The van der Waals surface area contributed by atoms with Crippen LogP contribution >= 0.6 is 0 Å². The summed E-state index contributed by atoms with van der Waals surface area (Å²) in [5, 5.41) is 16.4. The summed E-state index contributed by atoms with van der Waals surface area (Å²) in [6.45, 7) is 4.12. The van der Waals surface area contributed by atoms with Crippen LogP contribution in [-0.2, 0) is 16.1 Å². The molecule has 6 heteroatoms. The highest BCUT2D eigenvalue weighted by Crippen LogP contribution is 2.46. The monoisotopic (exact) mass is 313 g/mol. The van der Waals surface area contributed by atoms with Gasteiger partial charge in [-0.3, -0.25) is 9.59 Å². The van der Waals surface area contributed by atoms with E-state index < -0.39 is 17.3 Å². The molecule has 1 fully saturated rings. The summed E-state index contributed by atoms with van der Waals surface area (Å²) < 4.78 is 1.83. The molecule has 1 aliphatic rings. The zero-order chi connectivity index (χ0) is 16.6. The van der Waals surface area contributed by atoms with Gasteiger partial charge in [-0.05, 0) is 38.8 Å². The number of carbonyl (C=O) groups excluding carboxylic acids is 1. The number of hydrogen-bond donors (Lipinski definition) is 2. The van der Waals surface area contributed by atoms with Crippen LogP contribution < -0.4 is 5.32 Å². The van der Waals surface area contributed by atoms with Gasteiger partial charge in [0.2, 0.25) is 5.91 Å². The van der Waals surface area contributed by atoms with Gasteiger partial charge < -0.3 is 10.4 Å². The van der Waals surface area contributed by atoms with Crippen molar-refractivity contribution in [2.45, 2.75) is 33.2 Å². The summed E-state index contributed by atoms with van der Waals surface area (Å²) in [5.41, 5.74) is 2.43. The summed E-state index contributed by atoms with van der Waals surface area (Å²) in [5.74, 6) is -1.44. The number of hydrogen-bond acceptors (Lipinski definition) is 3. The van der Waals surface area contributed by atoms with E-state index in [2.05, 4.69) is 10.4 Å². The quantitative estimate of drug-likeness (QED) is 0.827. The number of carbonyl (C=O) groups is 2. The molecule has 23 heavy (non-hydrogen) atoms. The summed E-state index contributed by atoms with van der Waals surface area (Å²) in [6.07, 6.45) is 0.824. The maximum Gasteiger partial charge on any atom is 0.319 e. The Balaban J connectivity index is 1.78. The average molecular weight is 313 g/mol. The van der Waals surface area contributed by atoms with Crippen molar-refractivity contribution >= 4 is 11.9 Å². The first kappa shape index (κ1) is 15.3. The smallest absolute Gasteiger partial charge is 0.319 e. The Morgan fingerprint density at radius 2 is 1.91 bits per heavy atom. The molecule has 0 spiro atoms. The Hall–Kier alpha value is -2.63. The Kier molecular flexibility index (Phi) is 3.67. The molecule has 6 nitrogen and oxygen atoms in total. The predicted molar refractivity (Wildman–Crippen MR) is 84.2 cm³/mol. The first-order valence-corrected chi connectivity index (χ1v) is 7.58. The van der Waals surface area contributed by atoms with Gasteiger partial charge in [0.15, 0.2) is 0 Å². The Morgan fingerprint density at radius 1 is 1.26 bits per heavy atom. The van der Waals surface area contributed by atoms with Crippen molar-refractivity contribution in [3.8, 4) is 5.69 Å². The minimum absolute atomic E-state index is 0.290. The van der Waals surface area contributed by atoms with Crippen LogP contribution in [0.25, 0.3) is 5.69 Å². The van der Waals surface area contributed by atoms with E-state index in [4.69, 9.17) is 5.11 Å². The summed E-state index contributed by atoms with van der Waals surface area (Å²) in [6, 6.07) is 9.75. The number of carboxylic acid groups (broad SMARTS) is 1. The van der Waals surface area contributed by atoms with E-state index in [1.54, 1.807) is 0 Å². The minimum atomic E-state index is -1.21. The van der Waals surface area contributed by atoms with Gasteiger partial charge in [-0.1, -0.05) is 18.2 Å². The van der Waals surface area contributed by atoms with Crippen LogP contribution in [-0.4, -0.2) is 26.8 Å². The fourth-order valence-electron chi connectivity index (χ4n) is 2.75. The van der Waals surface area contributed by atoms with Crippen LogP contribution in [0.3, 0.4) is 0 Å². The predicted octanol–water partition coefficient (Wildman–Crippen LogP) is 1.97. The van der Waals surface area contributed by atoms with Gasteiger partial charge in [-0.15, -0.1) is 0 Å². The Bertz CT molecular complexity index is 761. The van der Waals surface area contributed by atoms with Crippen LogP contribution in [0.1, 0.15) is 29.8 Å². The number of rotatable bonds is 5. The molecule has 0 unspecified atom stereocenters. The van der Waals surface area contributed by atoms with E-state index in [1.165, 1.54) is 0 Å². The molecule has 120 valence electrons. The maximum atomic E-state index is 12.1. The second-order valence-corrected chi connectivity index (χ2v) is 5.97. The standard InChI is InChI=1S/C17H19N3O3/c1-11-14(10-18-15(21)17(8-9-17)16(22)23)12(2)20(19-11)13-6-4-3-5-7-13/h3-7H,8-10H2,1-2H3,(H,18,21)(H,22,23). The molecule has 1 aromatic heterocycles. The molecule has 2 N–H and O–H groups in total. The molecule has 1 saturated carbocycles. The number of nitrogens with one attached hydrogen (secondary N) is 1. The SMILES string of the molecule is Cc1nn(-c2ccccc2)c(C)c1CNC(=O)C1(C(=O)O)CC1. The zero-order valence-electron chi connectivity index (χ0n) is 13.2. The first-order chi connectivity index (χ1) is 11.0. The summed E-state index contributed by atoms with van der Waals surface area (Å²) in [4.78, 5) is 23.3. The first-order valence-electron chi connectivity index (χ1n) is 7.58. The Labute approximate surface area is 134 Å². The normalized spacial score (nSPS) is 15.2. The highest BCUT2D eigenvalue weighted by molar-refractivity contribution is 6.04. The maximum absolute atomic E-state index is 12.1. The summed E-state index contributed by atoms with van der Waals surface area (Å²) >= 11 is 0. The number of aryl methyl sites for hydroxylation is 1. The molecule has 0 aliphatic heterocycles. The number of aromatic nitrogens is 2. The molecule has 0 bridgehead atoms. The van der Waals surface area contributed by atoms with E-state index >= 15 is 0 Å². The Morgan fingerprint density at radius 3 is 2.48 bits per heavy atom. The molecule has 0 atom stereocenters. The molecule has 1 aliphatic carbocycles. The third kappa shape index (κ3) is 2.60. The van der Waals surface area contributed by atoms with E-state index in [0.29, 0.717) is 19.4 Å². The lowest BCUT2D eigenvalue weighted by atomic mass is 10.1. The lowest BCUT2D eigenvalue weighted by molar-refractivity contribution is -0.149. The van der Waals surface area contributed by atoms with Crippen molar-refractivity contribution in [3.63, 3.8) is 0 Å². The van der Waals surface area contributed by atoms with E-state index in [0.717, 1.165) is 22.6 Å². The third-order valence-electron chi connectivity index (χ3n) is 4.46. The van der Waals surface area contributed by atoms with Gasteiger partial charge in [0.05, 0.1) is 11.4 Å². The molecule has 1 heterocycles. The topological polar surface area (TPSA) is 84.2 Å². The van der Waals surface area contributed by atoms with Gasteiger partial charge in [0, 0.05) is 17.8 Å². The van der Waals surface area contributed by atoms with Crippen molar-refractivity contribution in [1.29, 1.82) is 0 Å². The van der Waals surface area contributed by atoms with Crippen molar-refractivity contribution in [1.82, 2.24) is 15.1 Å². The second kappa shape index (κ2) is 5.53. The highest BCUT2D eigenvalue weighted by atomic mass is 16.4. The van der Waals surface area contributed by atoms with Crippen LogP contribution in [0.5, 0.6) is 0 Å². The van der Waals surface area contributed by atoms with Crippen molar-refractivity contribution in [2.75, 3.05) is 0 Å². The van der Waals surface area contributed by atoms with Gasteiger partial charge in [-0.2, -0.15) is 5.10 Å². The van der Waals surface area contributed by atoms with Crippen molar-refractivity contribution in [3.05, 3.63) is 47.3 Å². The van der Waals surface area contributed by atoms with Gasteiger partial charge in [-0.25, -0.2) is 4.68 Å². The molecule has 1 aromatic carbocycles. The lowest BCUT2D eigenvalue weighted by Gasteiger charge is -2.11. The van der Waals surface area contributed by atoms with Gasteiger partial charge in [0.25, 0.3) is 0 Å². The number of benzene rings is 1. The van der Waals surface area contributed by atoms with Gasteiger partial charge in [0.1, 0.15) is 5.41 Å². The van der Waals surface area contributed by atoms with Crippen LogP contribution in [0.2, 0.25) is 0 Å². The molecule has 2 aromatic rings. The van der Waals surface area contributed by atoms with E-state index in [-0.39, 0.29) is 0 Å². The number of nitrogens with zero attached hydrogens (tertiary/aromatic N) is 2. The summed E-state index contributed by atoms with van der Waals surface area (Å²) in [7, 11) is 0. The highest BCUT2D eigenvalue weighted by Gasteiger charge is 2.56. The molecule has 3 rings (SSSR count). The second-order valence-electron chi connectivity index (χ2n) is 5.97. The largest absolute Gasteiger partial charge is 0.480 e. The minimum Gasteiger partial charge on any atom is -0.480 e. The van der Waals surface area contributed by atoms with E-state index in [9.17, 15) is 9.59 Å². The number of amides is 1. The molecule has 1 amide bonds. The molecule has 0 saturated heterocycles. The molecule has 0 radical (unpaired) electrons. The molecular formula is C17H19N3O3. The fourth-order valence-corrected chi connectivity index (χ4v) is 2.75. The third-order valence-corrected chi connectivity index (χ3v) is 4.46. The van der Waals surface area contributed by atoms with Gasteiger partial charge >= 0.3 is 5.97 Å². The number of aliphatic carboxylic acids is 1. The van der Waals surface area contributed by atoms with E-state index in [1.807, 2.05) is 48.9 Å². The van der Waals surface area contributed by atoms with Crippen LogP contribution in [0.4, 0.5) is 0 Å². The van der Waals surface area contributed by atoms with Crippen molar-refractivity contribution in [2.24, 2.45) is 5.41 Å². The van der Waals surface area contributed by atoms with Crippen molar-refractivity contribution < 1.29 is 14.7 Å². The fraction of sp³-hybridized carbons (Fsp3) is 0.353.